The van der Waals surface area contributed by atoms with Crippen molar-refractivity contribution in [3.63, 3.8) is 0 Å². The topological polar surface area (TPSA) is 60.9 Å². The minimum atomic E-state index is -1.23. The minimum absolute atomic E-state index is 0.181. The van der Waals surface area contributed by atoms with Crippen LogP contribution in [0.25, 0.3) is 0 Å². The van der Waals surface area contributed by atoms with Crippen LogP contribution in [0.3, 0.4) is 0 Å². The lowest BCUT2D eigenvalue weighted by atomic mass is 9.84. The van der Waals surface area contributed by atoms with Gasteiger partial charge in [0, 0.05) is 19.1 Å². The molecule has 0 aromatic carbocycles. The molecule has 5 heteroatoms. The quantitative estimate of drug-likeness (QED) is 0.632. The summed E-state index contributed by atoms with van der Waals surface area (Å²) in [6, 6.07) is 0.425. The lowest BCUT2D eigenvalue weighted by Crippen LogP contribution is -2.48. The van der Waals surface area contributed by atoms with E-state index in [1.807, 2.05) is 12.2 Å². The Morgan fingerprint density at radius 1 is 1.05 bits per heavy atom. The molecule has 1 N–H and O–H groups in total. The third-order valence-corrected chi connectivity index (χ3v) is 5.28. The highest BCUT2D eigenvalue weighted by Crippen LogP contribution is 2.37. The van der Waals surface area contributed by atoms with Crippen LogP contribution in [0.2, 0.25) is 0 Å². The van der Waals surface area contributed by atoms with E-state index in [-0.39, 0.29) is 5.91 Å². The molecule has 2 heterocycles. The first-order valence-corrected chi connectivity index (χ1v) is 8.05. The summed E-state index contributed by atoms with van der Waals surface area (Å²) in [4.78, 5) is 28.6. The van der Waals surface area contributed by atoms with Crippen molar-refractivity contribution < 1.29 is 14.7 Å². The molecule has 0 aromatic heterocycles. The van der Waals surface area contributed by atoms with E-state index in [2.05, 4.69) is 4.90 Å². The smallest absolute Gasteiger partial charge is 0.319 e. The van der Waals surface area contributed by atoms with Gasteiger partial charge in [0.05, 0.1) is 0 Å². The second kappa shape index (κ2) is 5.79. The maximum absolute atomic E-state index is 12.7. The molecule has 0 bridgehead atoms. The van der Waals surface area contributed by atoms with E-state index in [0.717, 1.165) is 19.5 Å². The molecule has 116 valence electrons. The number of carbonyl (C=O) groups excluding carboxylic acids is 1. The Balaban J connectivity index is 1.65. The number of carbonyl (C=O) groups is 2. The third-order valence-electron chi connectivity index (χ3n) is 5.28. The van der Waals surface area contributed by atoms with Gasteiger partial charge < -0.3 is 10.0 Å². The molecular formula is C16H24N2O3. The zero-order valence-corrected chi connectivity index (χ0v) is 12.5. The largest absolute Gasteiger partial charge is 0.480 e. The van der Waals surface area contributed by atoms with Crippen LogP contribution >= 0.6 is 0 Å². The van der Waals surface area contributed by atoms with E-state index in [9.17, 15) is 14.7 Å². The first-order chi connectivity index (χ1) is 10.1. The van der Waals surface area contributed by atoms with E-state index in [0.29, 0.717) is 32.0 Å². The fraction of sp³-hybridized carbons (Fsp3) is 0.750. The number of piperidine rings is 1. The summed E-state index contributed by atoms with van der Waals surface area (Å²) in [6.45, 7) is 3.65. The third kappa shape index (κ3) is 2.59. The van der Waals surface area contributed by atoms with Crippen LogP contribution in [0.4, 0.5) is 0 Å². The molecule has 1 atom stereocenters. The molecule has 2 fully saturated rings. The predicted molar refractivity (Wildman–Crippen MR) is 78.9 cm³/mol. The minimum Gasteiger partial charge on any atom is -0.480 e. The van der Waals surface area contributed by atoms with Gasteiger partial charge in [-0.05, 0) is 45.2 Å². The summed E-state index contributed by atoms with van der Waals surface area (Å²) in [7, 11) is 0. The molecule has 0 spiro atoms. The van der Waals surface area contributed by atoms with Crippen LogP contribution in [-0.2, 0) is 9.59 Å². The summed E-state index contributed by atoms with van der Waals surface area (Å²) in [6.07, 6.45) is 9.10. The number of aliphatic carboxylic acids is 1. The van der Waals surface area contributed by atoms with Crippen molar-refractivity contribution in [2.45, 2.75) is 44.6 Å². The van der Waals surface area contributed by atoms with E-state index in [4.69, 9.17) is 0 Å². The van der Waals surface area contributed by atoms with Crippen molar-refractivity contribution >= 4 is 11.9 Å². The standard InChI is InChI=1S/C16H24N2O3/c19-14(16(15(20)21)7-2-3-8-16)18-11-6-13(12-18)17-9-4-1-5-10-17/h2-3,13H,1,4-12H2,(H,20,21). The van der Waals surface area contributed by atoms with Crippen molar-refractivity contribution in [3.8, 4) is 0 Å². The number of hydrogen-bond acceptors (Lipinski definition) is 3. The molecule has 2 aliphatic heterocycles. The molecule has 0 radical (unpaired) electrons. The first-order valence-electron chi connectivity index (χ1n) is 8.05. The molecule has 1 amide bonds. The lowest BCUT2D eigenvalue weighted by molar-refractivity contribution is -0.159. The Morgan fingerprint density at radius 2 is 1.71 bits per heavy atom. The number of amides is 1. The molecular weight excluding hydrogens is 268 g/mol. The monoisotopic (exact) mass is 292 g/mol. The van der Waals surface area contributed by atoms with Crippen LogP contribution in [0, 0.1) is 5.41 Å². The van der Waals surface area contributed by atoms with E-state index in [1.165, 1.54) is 19.3 Å². The van der Waals surface area contributed by atoms with Gasteiger partial charge in [-0.25, -0.2) is 0 Å². The lowest BCUT2D eigenvalue weighted by Gasteiger charge is -2.33. The average molecular weight is 292 g/mol. The first kappa shape index (κ1) is 14.6. The van der Waals surface area contributed by atoms with Crippen LogP contribution in [0.5, 0.6) is 0 Å². The summed E-state index contributed by atoms with van der Waals surface area (Å²) < 4.78 is 0. The van der Waals surface area contributed by atoms with Crippen molar-refractivity contribution in [2.24, 2.45) is 5.41 Å². The molecule has 0 saturated carbocycles. The number of nitrogens with zero attached hydrogens (tertiary/aromatic N) is 2. The van der Waals surface area contributed by atoms with Crippen molar-refractivity contribution in [3.05, 3.63) is 12.2 Å². The van der Waals surface area contributed by atoms with Crippen LogP contribution in [0.15, 0.2) is 12.2 Å². The zero-order chi connectivity index (χ0) is 14.9. The normalized spacial score (nSPS) is 29.0. The number of likely N-dealkylation sites (tertiary alicyclic amines) is 2. The fourth-order valence-electron chi connectivity index (χ4n) is 3.90. The number of carboxylic acid groups (broad SMARTS) is 1. The van der Waals surface area contributed by atoms with E-state index in [1.54, 1.807) is 4.90 Å². The fourth-order valence-corrected chi connectivity index (χ4v) is 3.90. The van der Waals surface area contributed by atoms with Gasteiger partial charge in [0.2, 0.25) is 5.91 Å². The van der Waals surface area contributed by atoms with Crippen molar-refractivity contribution in [1.82, 2.24) is 9.80 Å². The van der Waals surface area contributed by atoms with Gasteiger partial charge in [0.1, 0.15) is 0 Å². The highest BCUT2D eigenvalue weighted by molar-refractivity contribution is 6.02. The summed E-state index contributed by atoms with van der Waals surface area (Å²) >= 11 is 0. The number of allylic oxidation sites excluding steroid dienone is 2. The molecule has 21 heavy (non-hydrogen) atoms. The predicted octanol–water partition coefficient (Wildman–Crippen LogP) is 1.49. The highest BCUT2D eigenvalue weighted by atomic mass is 16.4. The molecule has 5 nitrogen and oxygen atoms in total. The SMILES string of the molecule is O=C(O)C1(C(=O)N2CCC(N3CCCCC3)C2)CC=CC1. The van der Waals surface area contributed by atoms with E-state index >= 15 is 0 Å². The van der Waals surface area contributed by atoms with Crippen molar-refractivity contribution in [2.75, 3.05) is 26.2 Å². The van der Waals surface area contributed by atoms with Gasteiger partial charge >= 0.3 is 5.97 Å². The maximum atomic E-state index is 12.7. The Bertz CT molecular complexity index is 446. The highest BCUT2D eigenvalue weighted by Gasteiger charge is 2.49. The molecule has 1 aliphatic carbocycles. The number of hydrogen-bond donors (Lipinski definition) is 1. The number of carboxylic acids is 1. The van der Waals surface area contributed by atoms with Gasteiger partial charge in [0.25, 0.3) is 0 Å². The van der Waals surface area contributed by atoms with Crippen LogP contribution < -0.4 is 0 Å². The Kier molecular flexibility index (Phi) is 4.02. The van der Waals surface area contributed by atoms with Gasteiger partial charge in [-0.3, -0.25) is 14.5 Å². The average Bonchev–Trinajstić information content (AvgIpc) is 3.18. The van der Waals surface area contributed by atoms with Crippen LogP contribution in [-0.4, -0.2) is 59.0 Å². The van der Waals surface area contributed by atoms with E-state index < -0.39 is 11.4 Å². The second-order valence-corrected chi connectivity index (χ2v) is 6.56. The Labute approximate surface area is 125 Å². The molecule has 3 aliphatic rings. The molecule has 1 unspecified atom stereocenters. The number of rotatable bonds is 3. The summed E-state index contributed by atoms with van der Waals surface area (Å²) in [5.74, 6) is -1.15. The summed E-state index contributed by atoms with van der Waals surface area (Å²) in [5, 5.41) is 9.51. The van der Waals surface area contributed by atoms with Gasteiger partial charge in [0.15, 0.2) is 5.41 Å². The van der Waals surface area contributed by atoms with Gasteiger partial charge in [-0.15, -0.1) is 0 Å². The maximum Gasteiger partial charge on any atom is 0.319 e. The van der Waals surface area contributed by atoms with Gasteiger partial charge in [-0.2, -0.15) is 0 Å². The Hall–Kier alpha value is -1.36. The molecule has 2 saturated heterocycles. The second-order valence-electron chi connectivity index (χ2n) is 6.56. The Morgan fingerprint density at radius 3 is 2.33 bits per heavy atom. The van der Waals surface area contributed by atoms with Crippen molar-refractivity contribution in [1.29, 1.82) is 0 Å². The molecule has 0 aromatic rings. The summed E-state index contributed by atoms with van der Waals surface area (Å²) in [5.41, 5.74) is -1.23. The van der Waals surface area contributed by atoms with Crippen LogP contribution in [0.1, 0.15) is 38.5 Å². The molecule has 3 rings (SSSR count). The zero-order valence-electron chi connectivity index (χ0n) is 12.5. The van der Waals surface area contributed by atoms with Gasteiger partial charge in [-0.1, -0.05) is 18.6 Å².